The van der Waals surface area contributed by atoms with Crippen LogP contribution in [0.1, 0.15) is 20.3 Å². The van der Waals surface area contributed by atoms with Crippen LogP contribution in [0.25, 0.3) is 0 Å². The topological polar surface area (TPSA) is 29.5 Å². The molecule has 0 aromatic rings. The number of rotatable bonds is 5. The molecule has 0 amide bonds. The molecular formula is C9H16O2. The smallest absolute Gasteiger partial charge is 0.0575 e. The number of aliphatic hydroxyl groups excluding tert-OH is 1. The predicted octanol–water partition coefficient (Wildman–Crippen LogP) is 1.04. The van der Waals surface area contributed by atoms with Crippen molar-refractivity contribution in [2.45, 2.75) is 20.3 Å². The molecule has 0 aliphatic heterocycles. The van der Waals surface area contributed by atoms with Gasteiger partial charge in [0.1, 0.15) is 0 Å². The lowest BCUT2D eigenvalue weighted by molar-refractivity contribution is 0.0306. The molecule has 0 rings (SSSR count). The van der Waals surface area contributed by atoms with Gasteiger partial charge in [0.25, 0.3) is 0 Å². The Morgan fingerprint density at radius 2 is 2.18 bits per heavy atom. The summed E-state index contributed by atoms with van der Waals surface area (Å²) in [5.41, 5.74) is -0.144. The van der Waals surface area contributed by atoms with Crippen LogP contribution in [-0.2, 0) is 4.74 Å². The first-order chi connectivity index (χ1) is 5.12. The van der Waals surface area contributed by atoms with Crippen LogP contribution in [-0.4, -0.2) is 24.9 Å². The molecule has 0 aliphatic rings. The van der Waals surface area contributed by atoms with Gasteiger partial charge in [-0.05, 0) is 0 Å². The van der Waals surface area contributed by atoms with Crippen molar-refractivity contribution >= 4 is 0 Å². The molecule has 0 heterocycles. The number of hydrogen-bond donors (Lipinski definition) is 1. The Hall–Kier alpha value is -0.520. The highest BCUT2D eigenvalue weighted by molar-refractivity contribution is 4.82. The minimum Gasteiger partial charge on any atom is -0.396 e. The van der Waals surface area contributed by atoms with Crippen molar-refractivity contribution in [1.29, 1.82) is 0 Å². The van der Waals surface area contributed by atoms with E-state index in [0.29, 0.717) is 19.6 Å². The van der Waals surface area contributed by atoms with E-state index in [9.17, 15) is 0 Å². The molecule has 0 fully saturated rings. The summed E-state index contributed by atoms with van der Waals surface area (Å²) in [6.45, 7) is 5.18. The summed E-state index contributed by atoms with van der Waals surface area (Å²) >= 11 is 0. The lowest BCUT2D eigenvalue weighted by atomic mass is 9.97. The SMILES string of the molecule is C#CCCOCC(C)(C)CO. The fraction of sp³-hybridized carbons (Fsp3) is 0.778. The second-order valence-electron chi connectivity index (χ2n) is 3.33. The Bertz CT molecular complexity index is 133. The molecule has 1 N–H and O–H groups in total. The highest BCUT2D eigenvalue weighted by Gasteiger charge is 2.15. The lowest BCUT2D eigenvalue weighted by Crippen LogP contribution is -2.23. The zero-order valence-corrected chi connectivity index (χ0v) is 7.26. The van der Waals surface area contributed by atoms with Crippen molar-refractivity contribution in [2.24, 2.45) is 5.41 Å². The average Bonchev–Trinajstić information content (AvgIpc) is 1.99. The van der Waals surface area contributed by atoms with Gasteiger partial charge in [-0.15, -0.1) is 12.3 Å². The van der Waals surface area contributed by atoms with Crippen molar-refractivity contribution in [1.82, 2.24) is 0 Å². The molecule has 0 bridgehead atoms. The zero-order chi connectivity index (χ0) is 8.74. The third-order valence-electron chi connectivity index (χ3n) is 1.31. The Kier molecular flexibility index (Phi) is 4.93. The van der Waals surface area contributed by atoms with Gasteiger partial charge in [-0.3, -0.25) is 0 Å². The van der Waals surface area contributed by atoms with Gasteiger partial charge in [0.15, 0.2) is 0 Å². The van der Waals surface area contributed by atoms with E-state index < -0.39 is 0 Å². The summed E-state index contributed by atoms with van der Waals surface area (Å²) in [6.07, 6.45) is 5.67. The van der Waals surface area contributed by atoms with E-state index in [0.717, 1.165) is 0 Å². The first kappa shape index (κ1) is 10.5. The molecule has 2 nitrogen and oxygen atoms in total. The maximum atomic E-state index is 8.83. The first-order valence-electron chi connectivity index (χ1n) is 3.74. The van der Waals surface area contributed by atoms with Gasteiger partial charge < -0.3 is 9.84 Å². The van der Waals surface area contributed by atoms with Gasteiger partial charge in [0, 0.05) is 11.8 Å². The summed E-state index contributed by atoms with van der Waals surface area (Å²) in [5, 5.41) is 8.83. The van der Waals surface area contributed by atoms with E-state index in [1.165, 1.54) is 0 Å². The first-order valence-corrected chi connectivity index (χ1v) is 3.74. The maximum Gasteiger partial charge on any atom is 0.0575 e. The molecule has 0 saturated carbocycles. The summed E-state index contributed by atoms with van der Waals surface area (Å²) in [6, 6.07) is 0. The van der Waals surface area contributed by atoms with Crippen molar-refractivity contribution in [3.63, 3.8) is 0 Å². The molecule has 2 heteroatoms. The van der Waals surface area contributed by atoms with Gasteiger partial charge in [0.05, 0.1) is 19.8 Å². The number of aliphatic hydroxyl groups is 1. The van der Waals surface area contributed by atoms with Crippen molar-refractivity contribution in [2.75, 3.05) is 19.8 Å². The zero-order valence-electron chi connectivity index (χ0n) is 7.26. The van der Waals surface area contributed by atoms with Crippen LogP contribution < -0.4 is 0 Å². The van der Waals surface area contributed by atoms with Crippen LogP contribution in [0.5, 0.6) is 0 Å². The average molecular weight is 156 g/mol. The molecule has 0 atom stereocenters. The van der Waals surface area contributed by atoms with E-state index in [1.807, 2.05) is 13.8 Å². The number of terminal acetylenes is 1. The van der Waals surface area contributed by atoms with E-state index >= 15 is 0 Å². The van der Waals surface area contributed by atoms with E-state index in [2.05, 4.69) is 5.92 Å². The standard InChI is InChI=1S/C9H16O2/c1-4-5-6-11-8-9(2,3)7-10/h1,10H,5-8H2,2-3H3. The Morgan fingerprint density at radius 1 is 1.55 bits per heavy atom. The van der Waals surface area contributed by atoms with Gasteiger partial charge in [-0.1, -0.05) is 13.8 Å². The molecule has 11 heavy (non-hydrogen) atoms. The Labute approximate surface area is 68.6 Å². The highest BCUT2D eigenvalue weighted by atomic mass is 16.5. The van der Waals surface area contributed by atoms with Crippen LogP contribution in [0.3, 0.4) is 0 Å². The molecule has 0 radical (unpaired) electrons. The van der Waals surface area contributed by atoms with E-state index in [1.54, 1.807) is 0 Å². The number of ether oxygens (including phenoxy) is 1. The summed E-state index contributed by atoms with van der Waals surface area (Å²) in [4.78, 5) is 0. The Morgan fingerprint density at radius 3 is 2.64 bits per heavy atom. The fourth-order valence-corrected chi connectivity index (χ4v) is 0.525. The third kappa shape index (κ3) is 5.90. The van der Waals surface area contributed by atoms with E-state index in [4.69, 9.17) is 16.3 Å². The Balaban J connectivity index is 3.32. The van der Waals surface area contributed by atoms with Crippen molar-refractivity contribution in [3.8, 4) is 12.3 Å². The molecule has 0 aromatic heterocycles. The van der Waals surface area contributed by atoms with Crippen LogP contribution in [0.15, 0.2) is 0 Å². The second-order valence-corrected chi connectivity index (χ2v) is 3.33. The summed E-state index contributed by atoms with van der Waals surface area (Å²) in [5.74, 6) is 2.48. The molecule has 0 aromatic carbocycles. The van der Waals surface area contributed by atoms with Gasteiger partial charge in [-0.2, -0.15) is 0 Å². The molecule has 64 valence electrons. The minimum atomic E-state index is -0.144. The monoisotopic (exact) mass is 156 g/mol. The molecular weight excluding hydrogens is 140 g/mol. The van der Waals surface area contributed by atoms with Crippen LogP contribution in [0.2, 0.25) is 0 Å². The lowest BCUT2D eigenvalue weighted by Gasteiger charge is -2.20. The maximum absolute atomic E-state index is 8.83. The normalized spacial score (nSPS) is 11.1. The molecule has 0 saturated heterocycles. The van der Waals surface area contributed by atoms with Crippen molar-refractivity contribution in [3.05, 3.63) is 0 Å². The molecule has 0 aliphatic carbocycles. The van der Waals surface area contributed by atoms with Gasteiger partial charge in [-0.25, -0.2) is 0 Å². The van der Waals surface area contributed by atoms with Crippen molar-refractivity contribution < 1.29 is 9.84 Å². The fourth-order valence-electron chi connectivity index (χ4n) is 0.525. The molecule has 0 spiro atoms. The highest BCUT2D eigenvalue weighted by Crippen LogP contribution is 2.13. The largest absolute Gasteiger partial charge is 0.396 e. The van der Waals surface area contributed by atoms with Crippen LogP contribution in [0.4, 0.5) is 0 Å². The summed E-state index contributed by atoms with van der Waals surface area (Å²) < 4.78 is 5.23. The minimum absolute atomic E-state index is 0.142. The van der Waals surface area contributed by atoms with Gasteiger partial charge in [0.2, 0.25) is 0 Å². The third-order valence-corrected chi connectivity index (χ3v) is 1.31. The van der Waals surface area contributed by atoms with Gasteiger partial charge >= 0.3 is 0 Å². The predicted molar refractivity (Wildman–Crippen MR) is 45.1 cm³/mol. The molecule has 0 unspecified atom stereocenters. The van der Waals surface area contributed by atoms with Crippen LogP contribution >= 0.6 is 0 Å². The van der Waals surface area contributed by atoms with E-state index in [-0.39, 0.29) is 12.0 Å². The quantitative estimate of drug-likeness (QED) is 0.476. The number of hydrogen-bond acceptors (Lipinski definition) is 2. The summed E-state index contributed by atoms with van der Waals surface area (Å²) in [7, 11) is 0. The second kappa shape index (κ2) is 5.17. The van der Waals surface area contributed by atoms with Crippen LogP contribution in [0, 0.1) is 17.8 Å².